The SMILES string of the molecule is COc1ccc(NC(=O)CN2C(=O)CSCC2=O)c(OC)c1. The van der Waals surface area contributed by atoms with Crippen LogP contribution in [0.25, 0.3) is 0 Å². The van der Waals surface area contributed by atoms with Crippen molar-refractivity contribution in [1.82, 2.24) is 4.90 Å². The highest BCUT2D eigenvalue weighted by Gasteiger charge is 2.28. The molecule has 0 unspecified atom stereocenters. The molecule has 0 radical (unpaired) electrons. The highest BCUT2D eigenvalue weighted by Crippen LogP contribution is 2.29. The van der Waals surface area contributed by atoms with E-state index in [1.807, 2.05) is 0 Å². The molecule has 118 valence electrons. The molecule has 0 atom stereocenters. The van der Waals surface area contributed by atoms with Gasteiger partial charge in [-0.3, -0.25) is 19.3 Å². The first kappa shape index (κ1) is 16.2. The molecule has 0 saturated carbocycles. The standard InChI is InChI=1S/C14H16N2O5S/c1-20-9-3-4-10(11(5-9)21-2)15-12(17)6-16-13(18)7-22-8-14(16)19/h3-5H,6-8H2,1-2H3,(H,15,17). The van der Waals surface area contributed by atoms with Crippen molar-refractivity contribution < 1.29 is 23.9 Å². The van der Waals surface area contributed by atoms with Gasteiger partial charge in [0.25, 0.3) is 0 Å². The Labute approximate surface area is 131 Å². The molecule has 0 aliphatic carbocycles. The first-order valence-electron chi connectivity index (χ1n) is 6.48. The quantitative estimate of drug-likeness (QED) is 0.804. The predicted octanol–water partition coefficient (Wildman–Crippen LogP) is 0.744. The molecule has 0 bridgehead atoms. The minimum absolute atomic E-state index is 0.213. The van der Waals surface area contributed by atoms with Crippen LogP contribution in [0.2, 0.25) is 0 Å². The van der Waals surface area contributed by atoms with E-state index < -0.39 is 5.91 Å². The molecule has 0 aromatic heterocycles. The van der Waals surface area contributed by atoms with Gasteiger partial charge in [0.15, 0.2) is 0 Å². The largest absolute Gasteiger partial charge is 0.497 e. The van der Waals surface area contributed by atoms with Crippen LogP contribution in [0.1, 0.15) is 0 Å². The summed E-state index contributed by atoms with van der Waals surface area (Å²) in [5, 5.41) is 2.63. The average molecular weight is 324 g/mol. The highest BCUT2D eigenvalue weighted by molar-refractivity contribution is 8.00. The van der Waals surface area contributed by atoms with Gasteiger partial charge in [-0.25, -0.2) is 0 Å². The Balaban J connectivity index is 2.05. The monoisotopic (exact) mass is 324 g/mol. The fourth-order valence-electron chi connectivity index (χ4n) is 1.93. The predicted molar refractivity (Wildman–Crippen MR) is 82.2 cm³/mol. The minimum Gasteiger partial charge on any atom is -0.497 e. The van der Waals surface area contributed by atoms with E-state index in [0.717, 1.165) is 4.90 Å². The lowest BCUT2D eigenvalue weighted by molar-refractivity contribution is -0.144. The van der Waals surface area contributed by atoms with E-state index in [1.165, 1.54) is 26.0 Å². The third-order valence-electron chi connectivity index (χ3n) is 3.04. The summed E-state index contributed by atoms with van der Waals surface area (Å²) in [4.78, 5) is 36.3. The van der Waals surface area contributed by atoms with Crippen LogP contribution >= 0.6 is 11.8 Å². The number of rotatable bonds is 5. The van der Waals surface area contributed by atoms with Crippen molar-refractivity contribution in [3.05, 3.63) is 18.2 Å². The van der Waals surface area contributed by atoms with Gasteiger partial charge in [-0.05, 0) is 12.1 Å². The van der Waals surface area contributed by atoms with Crippen LogP contribution in [-0.4, -0.2) is 54.9 Å². The average Bonchev–Trinajstić information content (AvgIpc) is 2.51. The van der Waals surface area contributed by atoms with Gasteiger partial charge in [0.2, 0.25) is 17.7 Å². The number of carbonyl (C=O) groups is 3. The molecular formula is C14H16N2O5S. The number of hydrogen-bond donors (Lipinski definition) is 1. The zero-order chi connectivity index (χ0) is 16.1. The molecule has 1 aromatic rings. The Morgan fingerprint density at radius 3 is 2.50 bits per heavy atom. The van der Waals surface area contributed by atoms with Crippen molar-refractivity contribution in [3.8, 4) is 11.5 Å². The first-order valence-corrected chi connectivity index (χ1v) is 7.63. The second kappa shape index (κ2) is 7.17. The summed E-state index contributed by atoms with van der Waals surface area (Å²) in [6, 6.07) is 4.93. The molecule has 3 amide bonds. The molecule has 1 saturated heterocycles. The van der Waals surface area contributed by atoms with Gasteiger partial charge in [0.1, 0.15) is 18.0 Å². The van der Waals surface area contributed by atoms with Crippen LogP contribution in [-0.2, 0) is 14.4 Å². The van der Waals surface area contributed by atoms with Crippen LogP contribution < -0.4 is 14.8 Å². The minimum atomic E-state index is -0.461. The Kier molecular flexibility index (Phi) is 5.26. The lowest BCUT2D eigenvalue weighted by atomic mass is 10.2. The maximum absolute atomic E-state index is 12.0. The van der Waals surface area contributed by atoms with Crippen LogP contribution in [0.15, 0.2) is 18.2 Å². The zero-order valence-corrected chi connectivity index (χ0v) is 13.1. The Morgan fingerprint density at radius 2 is 1.91 bits per heavy atom. The van der Waals surface area contributed by atoms with Crippen LogP contribution in [0.3, 0.4) is 0 Å². The molecule has 22 heavy (non-hydrogen) atoms. The topological polar surface area (TPSA) is 84.9 Å². The molecule has 1 heterocycles. The van der Waals surface area contributed by atoms with Crippen LogP contribution in [0.4, 0.5) is 5.69 Å². The van der Waals surface area contributed by atoms with Crippen molar-refractivity contribution >= 4 is 35.2 Å². The molecule has 1 fully saturated rings. The van der Waals surface area contributed by atoms with Gasteiger partial charge in [0, 0.05) is 6.07 Å². The maximum atomic E-state index is 12.0. The third kappa shape index (κ3) is 3.70. The molecule has 8 heteroatoms. The number of hydrogen-bond acceptors (Lipinski definition) is 6. The van der Waals surface area contributed by atoms with Gasteiger partial charge >= 0.3 is 0 Å². The van der Waals surface area contributed by atoms with Gasteiger partial charge in [-0.15, -0.1) is 11.8 Å². The van der Waals surface area contributed by atoms with Crippen molar-refractivity contribution in [1.29, 1.82) is 0 Å². The number of imide groups is 1. The normalized spacial score (nSPS) is 14.7. The van der Waals surface area contributed by atoms with Crippen molar-refractivity contribution in [3.63, 3.8) is 0 Å². The van der Waals surface area contributed by atoms with E-state index in [0.29, 0.717) is 17.2 Å². The second-order valence-corrected chi connectivity index (χ2v) is 5.47. The number of anilines is 1. The number of methoxy groups -OCH3 is 2. The molecule has 1 aliphatic rings. The number of benzene rings is 1. The molecule has 2 rings (SSSR count). The van der Waals surface area contributed by atoms with Gasteiger partial charge in [-0.1, -0.05) is 0 Å². The van der Waals surface area contributed by atoms with E-state index >= 15 is 0 Å². The molecule has 0 spiro atoms. The van der Waals surface area contributed by atoms with Crippen molar-refractivity contribution in [2.75, 3.05) is 37.6 Å². The fraction of sp³-hybridized carbons (Fsp3) is 0.357. The summed E-state index contributed by atoms with van der Waals surface area (Å²) in [6.45, 7) is -0.298. The van der Waals surface area contributed by atoms with E-state index in [4.69, 9.17) is 9.47 Å². The fourth-order valence-corrected chi connectivity index (χ4v) is 2.70. The van der Waals surface area contributed by atoms with Gasteiger partial charge in [-0.2, -0.15) is 0 Å². The summed E-state index contributed by atoms with van der Waals surface area (Å²) in [7, 11) is 3.00. The summed E-state index contributed by atoms with van der Waals surface area (Å²) < 4.78 is 10.2. The number of amides is 3. The number of nitrogens with one attached hydrogen (secondary N) is 1. The third-order valence-corrected chi connectivity index (χ3v) is 3.94. The molecular weight excluding hydrogens is 308 g/mol. The number of thioether (sulfide) groups is 1. The Hall–Kier alpha value is -2.22. The van der Waals surface area contributed by atoms with Gasteiger partial charge < -0.3 is 14.8 Å². The first-order chi connectivity index (χ1) is 10.5. The smallest absolute Gasteiger partial charge is 0.244 e. The molecule has 7 nitrogen and oxygen atoms in total. The summed E-state index contributed by atoms with van der Waals surface area (Å²) in [6.07, 6.45) is 0. The summed E-state index contributed by atoms with van der Waals surface area (Å²) in [5.74, 6) is 0.288. The van der Waals surface area contributed by atoms with E-state index in [-0.39, 0.29) is 29.9 Å². The summed E-state index contributed by atoms with van der Waals surface area (Å²) in [5.41, 5.74) is 0.444. The molecule has 1 N–H and O–H groups in total. The van der Waals surface area contributed by atoms with E-state index in [9.17, 15) is 14.4 Å². The van der Waals surface area contributed by atoms with E-state index in [1.54, 1.807) is 18.2 Å². The van der Waals surface area contributed by atoms with Crippen LogP contribution in [0.5, 0.6) is 11.5 Å². The lowest BCUT2D eigenvalue weighted by Gasteiger charge is -2.24. The van der Waals surface area contributed by atoms with Crippen molar-refractivity contribution in [2.45, 2.75) is 0 Å². The van der Waals surface area contributed by atoms with Crippen molar-refractivity contribution in [2.24, 2.45) is 0 Å². The number of ether oxygens (including phenoxy) is 2. The highest BCUT2D eigenvalue weighted by atomic mass is 32.2. The van der Waals surface area contributed by atoms with Gasteiger partial charge in [0.05, 0.1) is 31.4 Å². The number of nitrogens with zero attached hydrogens (tertiary/aromatic N) is 1. The molecule has 1 aliphatic heterocycles. The Bertz CT molecular complexity index is 589. The second-order valence-electron chi connectivity index (χ2n) is 4.48. The lowest BCUT2D eigenvalue weighted by Crippen LogP contribution is -2.46. The Morgan fingerprint density at radius 1 is 1.23 bits per heavy atom. The van der Waals surface area contributed by atoms with E-state index in [2.05, 4.69) is 5.32 Å². The number of carbonyl (C=O) groups excluding carboxylic acids is 3. The maximum Gasteiger partial charge on any atom is 0.244 e. The van der Waals surface area contributed by atoms with Crippen LogP contribution in [0, 0.1) is 0 Å². The summed E-state index contributed by atoms with van der Waals surface area (Å²) >= 11 is 1.25. The zero-order valence-electron chi connectivity index (χ0n) is 12.3. The molecule has 1 aromatic carbocycles.